The fourth-order valence-electron chi connectivity index (χ4n) is 2.26. The molecule has 6 nitrogen and oxygen atoms in total. The zero-order valence-corrected chi connectivity index (χ0v) is 14.6. The molecule has 0 bridgehead atoms. The molecule has 7 heteroatoms. The number of benzene rings is 2. The molecule has 0 spiro atoms. The second-order valence-electron chi connectivity index (χ2n) is 5.57. The summed E-state index contributed by atoms with van der Waals surface area (Å²) in [6.45, 7) is 0. The van der Waals surface area contributed by atoms with Gasteiger partial charge in [-0.05, 0) is 36.2 Å². The number of hydrogen-bond donors (Lipinski definition) is 3. The molecule has 2 aromatic carbocycles. The van der Waals surface area contributed by atoms with Crippen LogP contribution in [0.3, 0.4) is 0 Å². The molecule has 0 saturated carbocycles. The van der Waals surface area contributed by atoms with Gasteiger partial charge >= 0.3 is 0 Å². The summed E-state index contributed by atoms with van der Waals surface area (Å²) in [6.07, 6.45) is 0.991. The maximum atomic E-state index is 12.2. The van der Waals surface area contributed by atoms with E-state index in [0.29, 0.717) is 23.7 Å². The zero-order chi connectivity index (χ0) is 18.4. The molecule has 0 unspecified atom stereocenters. The smallest absolute Gasteiger partial charge is 0.275 e. The highest BCUT2D eigenvalue weighted by Gasteiger charge is 2.13. The van der Waals surface area contributed by atoms with Crippen LogP contribution in [0.4, 0.5) is 10.8 Å². The van der Waals surface area contributed by atoms with E-state index in [1.807, 2.05) is 30.3 Å². The molecule has 3 rings (SSSR count). The molecule has 1 aromatic heterocycles. The van der Waals surface area contributed by atoms with Crippen LogP contribution in [-0.2, 0) is 11.2 Å². The van der Waals surface area contributed by atoms with Gasteiger partial charge in [-0.3, -0.25) is 9.59 Å². The molecular weight excluding hydrogens is 350 g/mol. The van der Waals surface area contributed by atoms with Gasteiger partial charge in [-0.2, -0.15) is 0 Å². The lowest BCUT2D eigenvalue weighted by Gasteiger charge is -2.03. The van der Waals surface area contributed by atoms with E-state index in [-0.39, 0.29) is 23.3 Å². The van der Waals surface area contributed by atoms with Crippen LogP contribution in [0.2, 0.25) is 0 Å². The Bertz CT molecular complexity index is 892. The predicted octanol–water partition coefficient (Wildman–Crippen LogP) is 3.67. The molecule has 3 aromatic rings. The molecule has 0 fully saturated rings. The summed E-state index contributed by atoms with van der Waals surface area (Å²) in [5.41, 5.74) is 1.87. The molecule has 26 heavy (non-hydrogen) atoms. The number of carbonyl (C=O) groups excluding carboxylic acids is 2. The SMILES string of the molecule is O=C(CCc1ccccc1)Nc1nc(C(=O)Nc2ccc(O)cc2)cs1. The van der Waals surface area contributed by atoms with Crippen LogP contribution >= 0.6 is 11.3 Å². The van der Waals surface area contributed by atoms with Crippen molar-refractivity contribution in [1.29, 1.82) is 0 Å². The van der Waals surface area contributed by atoms with Crippen molar-refractivity contribution in [2.45, 2.75) is 12.8 Å². The molecule has 0 radical (unpaired) electrons. The average Bonchev–Trinajstić information content (AvgIpc) is 3.11. The number of hydrogen-bond acceptors (Lipinski definition) is 5. The number of nitrogens with one attached hydrogen (secondary N) is 2. The molecule has 0 aliphatic carbocycles. The van der Waals surface area contributed by atoms with E-state index >= 15 is 0 Å². The lowest BCUT2D eigenvalue weighted by molar-refractivity contribution is -0.116. The topological polar surface area (TPSA) is 91.3 Å². The zero-order valence-electron chi connectivity index (χ0n) is 13.8. The van der Waals surface area contributed by atoms with Gasteiger partial charge in [-0.1, -0.05) is 30.3 Å². The maximum Gasteiger partial charge on any atom is 0.275 e. The monoisotopic (exact) mass is 367 g/mol. The van der Waals surface area contributed by atoms with Crippen LogP contribution in [0.1, 0.15) is 22.5 Å². The number of rotatable bonds is 6. The maximum absolute atomic E-state index is 12.2. The van der Waals surface area contributed by atoms with Crippen molar-refractivity contribution in [3.05, 3.63) is 71.2 Å². The second-order valence-corrected chi connectivity index (χ2v) is 6.43. The minimum atomic E-state index is -0.378. The summed E-state index contributed by atoms with van der Waals surface area (Å²) in [6, 6.07) is 15.9. The van der Waals surface area contributed by atoms with Crippen molar-refractivity contribution < 1.29 is 14.7 Å². The van der Waals surface area contributed by atoms with Gasteiger partial charge in [0, 0.05) is 17.5 Å². The van der Waals surface area contributed by atoms with Crippen LogP contribution in [0.25, 0.3) is 0 Å². The van der Waals surface area contributed by atoms with Crippen molar-refractivity contribution in [3.8, 4) is 5.75 Å². The van der Waals surface area contributed by atoms with Crippen molar-refractivity contribution in [3.63, 3.8) is 0 Å². The summed E-state index contributed by atoms with van der Waals surface area (Å²) in [5, 5.41) is 16.6. The number of thiazole rings is 1. The molecule has 0 saturated heterocycles. The lowest BCUT2D eigenvalue weighted by atomic mass is 10.1. The first-order valence-corrected chi connectivity index (χ1v) is 8.88. The van der Waals surface area contributed by atoms with E-state index in [0.717, 1.165) is 5.56 Å². The lowest BCUT2D eigenvalue weighted by Crippen LogP contribution is -2.14. The first-order valence-electron chi connectivity index (χ1n) is 8.00. The van der Waals surface area contributed by atoms with E-state index in [1.165, 1.54) is 23.5 Å². The highest BCUT2D eigenvalue weighted by molar-refractivity contribution is 7.14. The Morgan fingerprint density at radius 2 is 1.73 bits per heavy atom. The van der Waals surface area contributed by atoms with Crippen molar-refractivity contribution in [2.75, 3.05) is 10.6 Å². The van der Waals surface area contributed by atoms with Crippen molar-refractivity contribution in [2.24, 2.45) is 0 Å². The Hall–Kier alpha value is -3.19. The number of aromatic nitrogens is 1. The van der Waals surface area contributed by atoms with Crippen LogP contribution < -0.4 is 10.6 Å². The van der Waals surface area contributed by atoms with E-state index in [4.69, 9.17) is 0 Å². The Labute approximate surface area is 154 Å². The number of phenols is 1. The van der Waals surface area contributed by atoms with Gasteiger partial charge in [0.2, 0.25) is 5.91 Å². The van der Waals surface area contributed by atoms with Gasteiger partial charge in [0.05, 0.1) is 0 Å². The Morgan fingerprint density at radius 3 is 2.46 bits per heavy atom. The highest BCUT2D eigenvalue weighted by atomic mass is 32.1. The van der Waals surface area contributed by atoms with E-state index < -0.39 is 0 Å². The third-order valence-electron chi connectivity index (χ3n) is 3.59. The van der Waals surface area contributed by atoms with Gasteiger partial charge in [0.15, 0.2) is 5.13 Å². The summed E-state index contributed by atoms with van der Waals surface area (Å²) in [7, 11) is 0. The number of phenolic OH excluding ortho intramolecular Hbond substituents is 1. The number of aryl methyl sites for hydroxylation is 1. The second kappa shape index (κ2) is 8.26. The summed E-state index contributed by atoms with van der Waals surface area (Å²) >= 11 is 1.20. The number of carbonyl (C=O) groups is 2. The third-order valence-corrected chi connectivity index (χ3v) is 4.35. The molecular formula is C19H17N3O3S. The van der Waals surface area contributed by atoms with Gasteiger partial charge < -0.3 is 15.7 Å². The van der Waals surface area contributed by atoms with Crippen molar-refractivity contribution >= 4 is 34.0 Å². The normalized spacial score (nSPS) is 10.3. The quantitative estimate of drug-likeness (QED) is 0.580. The fraction of sp³-hybridized carbons (Fsp3) is 0.105. The number of aromatic hydroxyl groups is 1. The molecule has 3 N–H and O–H groups in total. The van der Waals surface area contributed by atoms with E-state index in [9.17, 15) is 14.7 Å². The predicted molar refractivity (Wildman–Crippen MR) is 102 cm³/mol. The van der Waals surface area contributed by atoms with Crippen LogP contribution in [0.15, 0.2) is 60.0 Å². The first-order chi connectivity index (χ1) is 12.6. The van der Waals surface area contributed by atoms with Gasteiger partial charge in [0.1, 0.15) is 11.4 Å². The summed E-state index contributed by atoms with van der Waals surface area (Å²) in [4.78, 5) is 28.3. The summed E-state index contributed by atoms with van der Waals surface area (Å²) < 4.78 is 0. The van der Waals surface area contributed by atoms with Crippen LogP contribution in [0.5, 0.6) is 5.75 Å². The molecule has 0 aliphatic rings. The highest BCUT2D eigenvalue weighted by Crippen LogP contribution is 2.18. The van der Waals surface area contributed by atoms with E-state index in [1.54, 1.807) is 17.5 Å². The minimum Gasteiger partial charge on any atom is -0.508 e. The molecule has 2 amide bonds. The van der Waals surface area contributed by atoms with Crippen LogP contribution in [0, 0.1) is 0 Å². The Balaban J connectivity index is 1.52. The Morgan fingerprint density at radius 1 is 1.00 bits per heavy atom. The average molecular weight is 367 g/mol. The van der Waals surface area contributed by atoms with Gasteiger partial charge in [-0.15, -0.1) is 11.3 Å². The first kappa shape index (κ1) is 17.6. The molecule has 0 atom stereocenters. The fourth-order valence-corrected chi connectivity index (χ4v) is 2.97. The van der Waals surface area contributed by atoms with Gasteiger partial charge in [0.25, 0.3) is 5.91 Å². The van der Waals surface area contributed by atoms with Crippen LogP contribution in [-0.4, -0.2) is 21.9 Å². The van der Waals surface area contributed by atoms with E-state index in [2.05, 4.69) is 15.6 Å². The number of anilines is 2. The molecule has 132 valence electrons. The van der Waals surface area contributed by atoms with Gasteiger partial charge in [-0.25, -0.2) is 4.98 Å². The standard InChI is InChI=1S/C19H17N3O3S/c23-15-9-7-14(8-10-15)20-18(25)16-12-26-19(21-16)22-17(24)11-6-13-4-2-1-3-5-13/h1-5,7-10,12,23H,6,11H2,(H,20,25)(H,21,22,24). The summed E-state index contributed by atoms with van der Waals surface area (Å²) in [5.74, 6) is -0.400. The number of nitrogens with zero attached hydrogens (tertiary/aromatic N) is 1. The Kier molecular flexibility index (Phi) is 5.60. The van der Waals surface area contributed by atoms with Crippen molar-refractivity contribution in [1.82, 2.24) is 4.98 Å². The molecule has 0 aliphatic heterocycles. The largest absolute Gasteiger partial charge is 0.508 e. The molecule has 1 heterocycles. The third kappa shape index (κ3) is 4.90. The minimum absolute atomic E-state index is 0.122. The number of amides is 2.